The summed E-state index contributed by atoms with van der Waals surface area (Å²) in [5, 5.41) is 2.71. The van der Waals surface area contributed by atoms with Gasteiger partial charge in [-0.15, -0.1) is 0 Å². The molecule has 0 radical (unpaired) electrons. The first-order valence-electron chi connectivity index (χ1n) is 8.54. The smallest absolute Gasteiger partial charge is 0.444 e. The highest BCUT2D eigenvalue weighted by Crippen LogP contribution is 2.52. The minimum atomic E-state index is -4.64. The third kappa shape index (κ3) is 5.42. The van der Waals surface area contributed by atoms with Crippen molar-refractivity contribution in [2.75, 3.05) is 6.54 Å². The molecule has 0 aliphatic heterocycles. The van der Waals surface area contributed by atoms with E-state index in [0.717, 1.165) is 22.3 Å². The summed E-state index contributed by atoms with van der Waals surface area (Å²) in [4.78, 5) is 30.3. The number of nitrogens with one attached hydrogen (secondary N) is 1. The topological polar surface area (TPSA) is 105 Å². The summed E-state index contributed by atoms with van der Waals surface area (Å²) in [5.74, 6) is 0. The number of hydrogen-bond acceptors (Lipinski definition) is 4. The Morgan fingerprint density at radius 2 is 1.92 bits per heavy atom. The van der Waals surface area contributed by atoms with E-state index in [-0.39, 0.29) is 0 Å². The fraction of sp³-hybridized carbons (Fsp3) is 0.500. The SMILES string of the molecule is CCC1=C(CCNC(=O)OC(C)(C)C)c2ccccc2C1OP(=O)(O)O. The fourth-order valence-electron chi connectivity index (χ4n) is 3.07. The largest absolute Gasteiger partial charge is 0.470 e. The van der Waals surface area contributed by atoms with Crippen molar-refractivity contribution >= 4 is 19.5 Å². The van der Waals surface area contributed by atoms with Gasteiger partial charge in [-0.05, 0) is 55.9 Å². The van der Waals surface area contributed by atoms with E-state index < -0.39 is 25.6 Å². The van der Waals surface area contributed by atoms with Crippen LogP contribution in [-0.4, -0.2) is 28.0 Å². The zero-order chi connectivity index (χ0) is 19.5. The minimum absolute atomic E-state index is 0.352. The van der Waals surface area contributed by atoms with E-state index in [2.05, 4.69) is 5.32 Å². The summed E-state index contributed by atoms with van der Waals surface area (Å²) in [6, 6.07) is 7.38. The van der Waals surface area contributed by atoms with Crippen LogP contribution in [0.15, 0.2) is 29.8 Å². The highest BCUT2D eigenvalue weighted by Gasteiger charge is 2.35. The van der Waals surface area contributed by atoms with Crippen LogP contribution in [0.1, 0.15) is 57.8 Å². The molecule has 0 aromatic heterocycles. The van der Waals surface area contributed by atoms with Gasteiger partial charge in [0, 0.05) is 6.54 Å². The van der Waals surface area contributed by atoms with E-state index in [1.165, 1.54) is 0 Å². The third-order valence-corrected chi connectivity index (χ3v) is 4.42. The van der Waals surface area contributed by atoms with Gasteiger partial charge in [-0.3, -0.25) is 4.52 Å². The second-order valence-corrected chi connectivity index (χ2v) is 8.29. The number of carbonyl (C=O) groups excluding carboxylic acids is 1. The second-order valence-electron chi connectivity index (χ2n) is 7.10. The molecule has 26 heavy (non-hydrogen) atoms. The van der Waals surface area contributed by atoms with E-state index in [1.54, 1.807) is 26.8 Å². The maximum absolute atomic E-state index is 11.8. The van der Waals surface area contributed by atoms with Crippen molar-refractivity contribution in [3.8, 4) is 0 Å². The van der Waals surface area contributed by atoms with Gasteiger partial charge in [0.2, 0.25) is 0 Å². The quantitative estimate of drug-likeness (QED) is 0.643. The zero-order valence-electron chi connectivity index (χ0n) is 15.5. The Kier molecular flexibility index (Phi) is 6.29. The Balaban J connectivity index is 2.18. The number of amides is 1. The van der Waals surface area contributed by atoms with Crippen LogP contribution in [0, 0.1) is 0 Å². The van der Waals surface area contributed by atoms with Gasteiger partial charge >= 0.3 is 13.9 Å². The number of phosphoric acid groups is 1. The molecule has 1 atom stereocenters. The molecule has 0 saturated heterocycles. The molecule has 8 heteroatoms. The van der Waals surface area contributed by atoms with E-state index in [4.69, 9.17) is 9.26 Å². The van der Waals surface area contributed by atoms with Crippen LogP contribution < -0.4 is 5.32 Å². The third-order valence-electron chi connectivity index (χ3n) is 3.94. The Morgan fingerprint density at radius 3 is 2.50 bits per heavy atom. The van der Waals surface area contributed by atoms with Crippen molar-refractivity contribution in [2.24, 2.45) is 0 Å². The predicted octanol–water partition coefficient (Wildman–Crippen LogP) is 3.93. The lowest BCUT2D eigenvalue weighted by atomic mass is 10.0. The van der Waals surface area contributed by atoms with Crippen molar-refractivity contribution in [2.45, 2.75) is 52.2 Å². The van der Waals surface area contributed by atoms with Gasteiger partial charge in [0.1, 0.15) is 11.7 Å². The highest BCUT2D eigenvalue weighted by molar-refractivity contribution is 7.46. The molecule has 0 fully saturated rings. The van der Waals surface area contributed by atoms with Crippen LogP contribution in [0.3, 0.4) is 0 Å². The van der Waals surface area contributed by atoms with Crippen LogP contribution in [0.25, 0.3) is 5.57 Å². The number of benzene rings is 1. The molecule has 7 nitrogen and oxygen atoms in total. The van der Waals surface area contributed by atoms with Gasteiger partial charge in [-0.1, -0.05) is 31.2 Å². The molecule has 1 aromatic carbocycles. The van der Waals surface area contributed by atoms with Gasteiger partial charge < -0.3 is 19.8 Å². The molecular weight excluding hydrogens is 357 g/mol. The van der Waals surface area contributed by atoms with Crippen molar-refractivity contribution in [1.82, 2.24) is 5.32 Å². The maximum Gasteiger partial charge on any atom is 0.470 e. The lowest BCUT2D eigenvalue weighted by molar-refractivity contribution is 0.0529. The molecule has 0 saturated carbocycles. The first-order valence-corrected chi connectivity index (χ1v) is 10.1. The molecular formula is C18H26NO6P. The molecule has 3 N–H and O–H groups in total. The summed E-state index contributed by atoms with van der Waals surface area (Å²) in [5.41, 5.74) is 2.83. The van der Waals surface area contributed by atoms with Crippen molar-refractivity contribution in [3.05, 3.63) is 41.0 Å². The second kappa shape index (κ2) is 7.92. The van der Waals surface area contributed by atoms with Crippen LogP contribution in [0.5, 0.6) is 0 Å². The molecule has 0 spiro atoms. The summed E-state index contributed by atoms with van der Waals surface area (Å²) < 4.78 is 21.6. The summed E-state index contributed by atoms with van der Waals surface area (Å²) in [7, 11) is -4.64. The van der Waals surface area contributed by atoms with Crippen LogP contribution >= 0.6 is 7.82 Å². The highest BCUT2D eigenvalue weighted by atomic mass is 31.2. The molecule has 1 aromatic rings. The predicted molar refractivity (Wildman–Crippen MR) is 98.4 cm³/mol. The van der Waals surface area contributed by atoms with E-state index in [1.807, 2.05) is 25.1 Å². The lowest BCUT2D eigenvalue weighted by Crippen LogP contribution is -2.33. The summed E-state index contributed by atoms with van der Waals surface area (Å²) >= 11 is 0. The number of fused-ring (bicyclic) bond motifs is 1. The first kappa shape index (κ1) is 20.6. The maximum atomic E-state index is 11.8. The standard InChI is InChI=1S/C18H26NO6P/c1-5-12-14(10-11-19-17(20)24-18(2,3)4)13-8-6-7-9-15(13)16(12)25-26(21,22)23/h6-9,16H,5,10-11H2,1-4H3,(H,19,20)(H2,21,22,23). The van der Waals surface area contributed by atoms with E-state index in [9.17, 15) is 19.1 Å². The monoisotopic (exact) mass is 383 g/mol. The molecule has 1 unspecified atom stereocenters. The molecule has 2 rings (SSSR count). The number of carbonyl (C=O) groups is 1. The summed E-state index contributed by atoms with van der Waals surface area (Å²) in [6.07, 6.45) is -0.166. The molecule has 144 valence electrons. The van der Waals surface area contributed by atoms with Crippen LogP contribution in [0.2, 0.25) is 0 Å². The van der Waals surface area contributed by atoms with Gasteiger partial charge in [0.15, 0.2) is 0 Å². The van der Waals surface area contributed by atoms with E-state index >= 15 is 0 Å². The fourth-order valence-corrected chi connectivity index (χ4v) is 3.59. The normalized spacial score (nSPS) is 17.2. The number of hydrogen-bond donors (Lipinski definition) is 3. The van der Waals surface area contributed by atoms with Gasteiger partial charge in [0.05, 0.1) is 0 Å². The van der Waals surface area contributed by atoms with Crippen molar-refractivity contribution in [3.63, 3.8) is 0 Å². The minimum Gasteiger partial charge on any atom is -0.444 e. The van der Waals surface area contributed by atoms with Gasteiger partial charge in [-0.25, -0.2) is 9.36 Å². The first-order chi connectivity index (χ1) is 12.0. The molecule has 1 amide bonds. The van der Waals surface area contributed by atoms with Crippen LogP contribution in [-0.2, 0) is 13.8 Å². The van der Waals surface area contributed by atoms with Crippen molar-refractivity contribution in [1.29, 1.82) is 0 Å². The van der Waals surface area contributed by atoms with Crippen molar-refractivity contribution < 1.29 is 28.4 Å². The average Bonchev–Trinajstić information content (AvgIpc) is 2.77. The number of ether oxygens (including phenoxy) is 1. The lowest BCUT2D eigenvalue weighted by Gasteiger charge is -2.20. The average molecular weight is 383 g/mol. The molecule has 0 bridgehead atoms. The van der Waals surface area contributed by atoms with Gasteiger partial charge in [0.25, 0.3) is 0 Å². The van der Waals surface area contributed by atoms with Crippen LogP contribution in [0.4, 0.5) is 4.79 Å². The molecule has 1 aliphatic carbocycles. The molecule has 0 heterocycles. The Bertz CT molecular complexity index is 746. The summed E-state index contributed by atoms with van der Waals surface area (Å²) in [6.45, 7) is 7.65. The zero-order valence-corrected chi connectivity index (χ0v) is 16.4. The Morgan fingerprint density at radius 1 is 1.27 bits per heavy atom. The Hall–Kier alpha value is -1.66. The Labute approximate surface area is 153 Å². The molecule has 1 aliphatic rings. The van der Waals surface area contributed by atoms with Gasteiger partial charge in [-0.2, -0.15) is 0 Å². The number of alkyl carbamates (subject to hydrolysis) is 1. The number of rotatable bonds is 6. The number of phosphoric ester groups is 1. The van der Waals surface area contributed by atoms with E-state index in [0.29, 0.717) is 19.4 Å².